The van der Waals surface area contributed by atoms with Gasteiger partial charge in [0, 0.05) is 25.0 Å². The summed E-state index contributed by atoms with van der Waals surface area (Å²) in [6.45, 7) is 7.95. The van der Waals surface area contributed by atoms with E-state index in [1.54, 1.807) is 10.8 Å². The van der Waals surface area contributed by atoms with Crippen molar-refractivity contribution in [2.45, 2.75) is 52.5 Å². The molecule has 0 spiro atoms. The normalized spacial score (nSPS) is 17.2. The van der Waals surface area contributed by atoms with Gasteiger partial charge in [0.1, 0.15) is 6.33 Å². The number of hydrogen-bond acceptors (Lipinski definition) is 5. The number of hydrogen-bond donors (Lipinski definition) is 1. The molecule has 1 aliphatic rings. The lowest BCUT2D eigenvalue weighted by Crippen LogP contribution is -2.43. The summed E-state index contributed by atoms with van der Waals surface area (Å²) in [5.41, 5.74) is 2.88. The third-order valence-corrected chi connectivity index (χ3v) is 4.87. The molecule has 130 valence electrons. The van der Waals surface area contributed by atoms with Gasteiger partial charge in [-0.2, -0.15) is 9.61 Å². The van der Waals surface area contributed by atoms with Gasteiger partial charge in [0.25, 0.3) is 0 Å². The minimum atomic E-state index is 0.108. The Morgan fingerprint density at radius 3 is 2.79 bits per heavy atom. The molecule has 0 aliphatic carbocycles. The predicted octanol–water partition coefficient (Wildman–Crippen LogP) is 1.82. The van der Waals surface area contributed by atoms with Gasteiger partial charge in [-0.05, 0) is 38.7 Å². The van der Waals surface area contributed by atoms with Crippen LogP contribution in [0.4, 0.5) is 5.69 Å². The average Bonchev–Trinajstić information content (AvgIpc) is 3.09. The van der Waals surface area contributed by atoms with E-state index in [0.717, 1.165) is 55.8 Å². The third-order valence-electron chi connectivity index (χ3n) is 4.87. The number of amides is 1. The van der Waals surface area contributed by atoms with Crippen molar-refractivity contribution in [2.24, 2.45) is 5.92 Å². The maximum atomic E-state index is 12.3. The van der Waals surface area contributed by atoms with E-state index in [9.17, 15) is 4.79 Å². The lowest BCUT2D eigenvalue weighted by Gasteiger charge is -2.33. The number of aromatic nitrogens is 4. The second kappa shape index (κ2) is 7.15. The summed E-state index contributed by atoms with van der Waals surface area (Å²) in [7, 11) is 0. The Balaban J connectivity index is 1.71. The molecule has 1 unspecified atom stereocenters. The van der Waals surface area contributed by atoms with Crippen LogP contribution in [-0.4, -0.2) is 44.8 Å². The number of fused-ring (bicyclic) bond motifs is 1. The Kier molecular flexibility index (Phi) is 4.97. The van der Waals surface area contributed by atoms with Crippen LogP contribution in [-0.2, 0) is 11.2 Å². The van der Waals surface area contributed by atoms with E-state index in [-0.39, 0.29) is 17.9 Å². The van der Waals surface area contributed by atoms with Crippen molar-refractivity contribution in [1.82, 2.24) is 25.1 Å². The van der Waals surface area contributed by atoms with Crippen LogP contribution in [0.15, 0.2) is 12.4 Å². The molecule has 2 aromatic rings. The van der Waals surface area contributed by atoms with E-state index in [1.807, 2.05) is 0 Å². The average molecular weight is 330 g/mol. The van der Waals surface area contributed by atoms with Gasteiger partial charge in [0.05, 0.1) is 11.4 Å². The molecule has 7 heteroatoms. The minimum absolute atomic E-state index is 0.108. The Bertz CT molecular complexity index is 704. The van der Waals surface area contributed by atoms with Crippen molar-refractivity contribution in [3.63, 3.8) is 0 Å². The summed E-state index contributed by atoms with van der Waals surface area (Å²) >= 11 is 0. The molecule has 0 saturated carbocycles. The predicted molar refractivity (Wildman–Crippen MR) is 93.0 cm³/mol. The first kappa shape index (κ1) is 16.7. The van der Waals surface area contributed by atoms with Gasteiger partial charge in [-0.3, -0.25) is 4.79 Å². The fraction of sp³-hybridized carbons (Fsp3) is 0.647. The van der Waals surface area contributed by atoms with E-state index < -0.39 is 0 Å². The van der Waals surface area contributed by atoms with E-state index in [2.05, 4.69) is 52.4 Å². The summed E-state index contributed by atoms with van der Waals surface area (Å²) in [6.07, 6.45) is 5.21. The van der Waals surface area contributed by atoms with Gasteiger partial charge in [0.2, 0.25) is 11.6 Å². The summed E-state index contributed by atoms with van der Waals surface area (Å²) < 4.78 is 1.75. The second-order valence-electron chi connectivity index (χ2n) is 6.55. The Morgan fingerprint density at radius 2 is 2.12 bits per heavy atom. The monoisotopic (exact) mass is 330 g/mol. The van der Waals surface area contributed by atoms with Gasteiger partial charge < -0.3 is 10.2 Å². The Morgan fingerprint density at radius 1 is 1.38 bits per heavy atom. The molecule has 1 N–H and O–H groups in total. The van der Waals surface area contributed by atoms with Crippen molar-refractivity contribution >= 4 is 17.2 Å². The fourth-order valence-electron chi connectivity index (χ4n) is 3.11. The molecule has 2 aromatic heterocycles. The SMILES string of the molecule is CCc1cc(N2CCC(C(=O)NC(C)CC)CC2)c2nncn2n1. The van der Waals surface area contributed by atoms with Crippen LogP contribution >= 0.6 is 0 Å². The maximum Gasteiger partial charge on any atom is 0.223 e. The number of rotatable bonds is 5. The van der Waals surface area contributed by atoms with Crippen molar-refractivity contribution in [3.05, 3.63) is 18.1 Å². The number of nitrogens with zero attached hydrogens (tertiary/aromatic N) is 5. The number of anilines is 1. The summed E-state index contributed by atoms with van der Waals surface area (Å²) in [5.74, 6) is 0.303. The molecular formula is C17H26N6O. The van der Waals surface area contributed by atoms with Gasteiger partial charge in [-0.25, -0.2) is 0 Å². The van der Waals surface area contributed by atoms with Crippen LogP contribution < -0.4 is 10.2 Å². The standard InChI is InChI=1S/C17H26N6O/c1-4-12(3)19-17(24)13-6-8-22(9-7-13)15-10-14(5-2)21-23-11-18-20-16(15)23/h10-13H,4-9H2,1-3H3,(H,19,24). The van der Waals surface area contributed by atoms with Crippen LogP contribution in [0.2, 0.25) is 0 Å². The highest BCUT2D eigenvalue weighted by molar-refractivity contribution is 5.79. The van der Waals surface area contributed by atoms with Gasteiger partial charge in [-0.15, -0.1) is 10.2 Å². The highest BCUT2D eigenvalue weighted by Gasteiger charge is 2.27. The van der Waals surface area contributed by atoms with Crippen molar-refractivity contribution < 1.29 is 4.79 Å². The molecule has 24 heavy (non-hydrogen) atoms. The van der Waals surface area contributed by atoms with E-state index in [0.29, 0.717) is 0 Å². The third kappa shape index (κ3) is 3.34. The molecule has 1 fully saturated rings. The van der Waals surface area contributed by atoms with Crippen LogP contribution in [0.25, 0.3) is 5.65 Å². The van der Waals surface area contributed by atoms with Gasteiger partial charge in [-0.1, -0.05) is 13.8 Å². The molecule has 0 radical (unpaired) electrons. The van der Waals surface area contributed by atoms with Crippen LogP contribution in [0.1, 0.15) is 45.7 Å². The zero-order valence-electron chi connectivity index (χ0n) is 14.7. The molecule has 1 atom stereocenters. The molecule has 1 amide bonds. The lowest BCUT2D eigenvalue weighted by atomic mass is 9.95. The quantitative estimate of drug-likeness (QED) is 0.905. The van der Waals surface area contributed by atoms with Crippen LogP contribution in [0, 0.1) is 5.92 Å². The van der Waals surface area contributed by atoms with Gasteiger partial charge >= 0.3 is 0 Å². The lowest BCUT2D eigenvalue weighted by molar-refractivity contribution is -0.126. The first-order valence-electron chi connectivity index (χ1n) is 8.87. The number of aryl methyl sites for hydroxylation is 1. The highest BCUT2D eigenvalue weighted by atomic mass is 16.1. The van der Waals surface area contributed by atoms with Crippen molar-refractivity contribution in [2.75, 3.05) is 18.0 Å². The molecule has 0 aromatic carbocycles. The van der Waals surface area contributed by atoms with Crippen LogP contribution in [0.3, 0.4) is 0 Å². The number of piperidine rings is 1. The summed E-state index contributed by atoms with van der Waals surface area (Å²) in [6, 6.07) is 2.35. The zero-order valence-corrected chi connectivity index (χ0v) is 14.7. The fourth-order valence-corrected chi connectivity index (χ4v) is 3.11. The smallest absolute Gasteiger partial charge is 0.223 e. The minimum Gasteiger partial charge on any atom is -0.368 e. The Labute approximate surface area is 142 Å². The van der Waals surface area contributed by atoms with Crippen LogP contribution in [0.5, 0.6) is 0 Å². The molecule has 7 nitrogen and oxygen atoms in total. The molecule has 0 bridgehead atoms. The van der Waals surface area contributed by atoms with E-state index in [4.69, 9.17) is 0 Å². The molecule has 3 rings (SSSR count). The van der Waals surface area contributed by atoms with Crippen molar-refractivity contribution in [1.29, 1.82) is 0 Å². The molecule has 1 aliphatic heterocycles. The molecular weight excluding hydrogens is 304 g/mol. The largest absolute Gasteiger partial charge is 0.368 e. The number of carbonyl (C=O) groups is 1. The Hall–Kier alpha value is -2.18. The summed E-state index contributed by atoms with van der Waals surface area (Å²) in [4.78, 5) is 14.6. The first-order chi connectivity index (χ1) is 11.6. The number of carbonyl (C=O) groups excluding carboxylic acids is 1. The summed E-state index contributed by atoms with van der Waals surface area (Å²) in [5, 5.41) is 15.8. The number of nitrogens with one attached hydrogen (secondary N) is 1. The van der Waals surface area contributed by atoms with E-state index >= 15 is 0 Å². The molecule has 3 heterocycles. The highest BCUT2D eigenvalue weighted by Crippen LogP contribution is 2.26. The topological polar surface area (TPSA) is 75.4 Å². The van der Waals surface area contributed by atoms with Gasteiger partial charge in [0.15, 0.2) is 0 Å². The maximum absolute atomic E-state index is 12.3. The zero-order chi connectivity index (χ0) is 17.1. The second-order valence-corrected chi connectivity index (χ2v) is 6.55. The first-order valence-corrected chi connectivity index (χ1v) is 8.87. The van der Waals surface area contributed by atoms with Crippen molar-refractivity contribution in [3.8, 4) is 0 Å². The van der Waals surface area contributed by atoms with E-state index in [1.165, 1.54) is 0 Å². The molecule has 1 saturated heterocycles.